The zero-order chi connectivity index (χ0) is 28.2. The minimum absolute atomic E-state index is 0.274. The molecule has 0 spiro atoms. The summed E-state index contributed by atoms with van der Waals surface area (Å²) in [6, 6.07) is 5.41. The van der Waals surface area contributed by atoms with E-state index in [4.69, 9.17) is 9.47 Å². The number of thiophene rings is 1. The number of nitrogens with one attached hydrogen (secondary N) is 1. The van der Waals surface area contributed by atoms with Crippen LogP contribution in [0.2, 0.25) is 0 Å². The molecule has 1 aromatic carbocycles. The lowest BCUT2D eigenvalue weighted by Gasteiger charge is -2.07. The van der Waals surface area contributed by atoms with Crippen molar-refractivity contribution in [3.8, 4) is 5.75 Å². The number of thiazole rings is 1. The number of sulfone groups is 1. The van der Waals surface area contributed by atoms with Crippen LogP contribution >= 0.6 is 22.7 Å². The lowest BCUT2D eigenvalue weighted by Crippen LogP contribution is -2.28. The van der Waals surface area contributed by atoms with Gasteiger partial charge in [0.05, 0.1) is 30.0 Å². The third kappa shape index (κ3) is 6.65. The normalized spacial score (nSPS) is 13.9. The molecule has 2 heterocycles. The van der Waals surface area contributed by atoms with Crippen molar-refractivity contribution in [1.29, 1.82) is 0 Å². The highest BCUT2D eigenvalue weighted by atomic mass is 32.2. The van der Waals surface area contributed by atoms with Gasteiger partial charge in [-0.25, -0.2) is 13.2 Å². The molecule has 3 aromatic rings. The predicted octanol–water partition coefficient (Wildman–Crippen LogP) is 3.50. The second-order valence-electron chi connectivity index (χ2n) is 8.96. The standard InChI is InChI=1S/C26H29N3O7S3/c1-4-12-29-18-11-10-16(35-2)13-20(18)38-26(29)28-22(31)15-39(33,34)14-21(30)27-24-23(25(32)36-3)17-8-6-5-7-9-19(17)37-24/h4,10-11,13H,1,5-9,12,14-15H2,2-3H3,(H,27,30). The summed E-state index contributed by atoms with van der Waals surface area (Å²) in [5.74, 6) is -3.52. The van der Waals surface area contributed by atoms with Gasteiger partial charge in [0.2, 0.25) is 5.91 Å². The Balaban J connectivity index is 1.52. The third-order valence-corrected chi connectivity index (χ3v) is 9.82. The zero-order valence-corrected chi connectivity index (χ0v) is 24.1. The average Bonchev–Trinajstić information content (AvgIpc) is 3.29. The predicted molar refractivity (Wildman–Crippen MR) is 151 cm³/mol. The van der Waals surface area contributed by atoms with Gasteiger partial charge in [-0.05, 0) is 49.4 Å². The van der Waals surface area contributed by atoms with Gasteiger partial charge in [-0.2, -0.15) is 4.99 Å². The maximum Gasteiger partial charge on any atom is 0.341 e. The summed E-state index contributed by atoms with van der Waals surface area (Å²) < 4.78 is 38.2. The summed E-state index contributed by atoms with van der Waals surface area (Å²) >= 11 is 2.48. The lowest BCUT2D eigenvalue weighted by atomic mass is 10.1. The van der Waals surface area contributed by atoms with E-state index in [1.54, 1.807) is 29.9 Å². The highest BCUT2D eigenvalue weighted by Crippen LogP contribution is 2.38. The summed E-state index contributed by atoms with van der Waals surface area (Å²) in [5, 5.41) is 2.84. The number of aromatic nitrogens is 1. The number of fused-ring (bicyclic) bond motifs is 2. The van der Waals surface area contributed by atoms with Gasteiger partial charge in [0.15, 0.2) is 14.6 Å². The quantitative estimate of drug-likeness (QED) is 0.229. The van der Waals surface area contributed by atoms with E-state index in [1.165, 1.54) is 29.8 Å². The van der Waals surface area contributed by atoms with Gasteiger partial charge in [0.25, 0.3) is 5.91 Å². The second kappa shape index (κ2) is 12.3. The molecule has 1 aliphatic carbocycles. The van der Waals surface area contributed by atoms with Crippen molar-refractivity contribution in [2.24, 2.45) is 4.99 Å². The first-order valence-corrected chi connectivity index (χ1v) is 15.7. The molecule has 1 N–H and O–H groups in total. The van der Waals surface area contributed by atoms with Crippen LogP contribution in [-0.4, -0.2) is 56.5 Å². The Hall–Kier alpha value is -3.29. The Morgan fingerprint density at radius 2 is 1.90 bits per heavy atom. The van der Waals surface area contributed by atoms with E-state index in [-0.39, 0.29) is 10.6 Å². The number of hydrogen-bond acceptors (Lipinski definition) is 9. The van der Waals surface area contributed by atoms with Gasteiger partial charge in [0, 0.05) is 11.4 Å². The van der Waals surface area contributed by atoms with Gasteiger partial charge < -0.3 is 19.4 Å². The van der Waals surface area contributed by atoms with Crippen molar-refractivity contribution >= 4 is 65.5 Å². The monoisotopic (exact) mass is 591 g/mol. The molecule has 1 aliphatic rings. The minimum atomic E-state index is -4.14. The van der Waals surface area contributed by atoms with E-state index in [1.807, 2.05) is 6.07 Å². The number of carbonyl (C=O) groups excluding carboxylic acids is 3. The molecular weight excluding hydrogens is 563 g/mol. The molecule has 2 aromatic heterocycles. The van der Waals surface area contributed by atoms with E-state index in [0.717, 1.165) is 46.3 Å². The van der Waals surface area contributed by atoms with Crippen LogP contribution < -0.4 is 14.9 Å². The van der Waals surface area contributed by atoms with Gasteiger partial charge >= 0.3 is 5.97 Å². The molecule has 0 unspecified atom stereocenters. The van der Waals surface area contributed by atoms with Crippen molar-refractivity contribution in [1.82, 2.24) is 4.57 Å². The molecule has 0 bridgehead atoms. The molecule has 4 rings (SSSR count). The molecule has 10 nitrogen and oxygen atoms in total. The number of esters is 1. The Labute approximate surface area is 233 Å². The third-order valence-electron chi connectivity index (χ3n) is 6.18. The van der Waals surface area contributed by atoms with Crippen LogP contribution in [0, 0.1) is 0 Å². The van der Waals surface area contributed by atoms with Crippen LogP contribution in [0.4, 0.5) is 5.00 Å². The molecule has 208 valence electrons. The van der Waals surface area contributed by atoms with Gasteiger partial charge in [-0.1, -0.05) is 23.8 Å². The number of aryl methyl sites for hydroxylation is 1. The molecule has 39 heavy (non-hydrogen) atoms. The number of ether oxygens (including phenoxy) is 2. The van der Waals surface area contributed by atoms with Gasteiger partial charge in [0.1, 0.15) is 22.3 Å². The number of rotatable bonds is 9. The second-order valence-corrected chi connectivity index (χ2v) is 13.1. The van der Waals surface area contributed by atoms with Crippen molar-refractivity contribution in [2.75, 3.05) is 31.0 Å². The topological polar surface area (TPSA) is 133 Å². The van der Waals surface area contributed by atoms with Gasteiger partial charge in [-0.3, -0.25) is 9.59 Å². The summed E-state index contributed by atoms with van der Waals surface area (Å²) in [6.07, 6.45) is 6.06. The molecule has 0 saturated heterocycles. The molecule has 0 radical (unpaired) electrons. The fourth-order valence-corrected chi connectivity index (χ4v) is 7.85. The number of amides is 2. The van der Waals surface area contributed by atoms with Crippen LogP contribution in [0.1, 0.15) is 40.1 Å². The number of benzene rings is 1. The molecule has 13 heteroatoms. The minimum Gasteiger partial charge on any atom is -0.497 e. The number of allylic oxidation sites excluding steroid dienone is 1. The van der Waals surface area contributed by atoms with Crippen molar-refractivity contribution in [2.45, 2.75) is 38.6 Å². The number of hydrogen-bond donors (Lipinski definition) is 1. The Bertz CT molecular complexity index is 1610. The molecule has 2 amide bonds. The Morgan fingerprint density at radius 3 is 2.62 bits per heavy atom. The Morgan fingerprint density at radius 1 is 1.13 bits per heavy atom. The first kappa shape index (κ1) is 28.7. The largest absolute Gasteiger partial charge is 0.497 e. The summed E-state index contributed by atoms with van der Waals surface area (Å²) in [4.78, 5) is 43.2. The zero-order valence-electron chi connectivity index (χ0n) is 21.7. The first-order valence-electron chi connectivity index (χ1n) is 12.2. The highest BCUT2D eigenvalue weighted by molar-refractivity contribution is 7.92. The fourth-order valence-electron chi connectivity index (χ4n) is 4.46. The SMILES string of the molecule is C=CCn1c(=NC(=O)CS(=O)(=O)CC(=O)Nc2sc3c(c2C(=O)OC)CCCCC3)sc2cc(OC)ccc21. The number of anilines is 1. The van der Waals surface area contributed by atoms with Crippen LogP contribution in [0.3, 0.4) is 0 Å². The molecule has 0 fully saturated rings. The maximum absolute atomic E-state index is 12.7. The Kier molecular flexibility index (Phi) is 9.03. The smallest absolute Gasteiger partial charge is 0.341 e. The highest BCUT2D eigenvalue weighted by Gasteiger charge is 2.28. The molecule has 0 atom stereocenters. The van der Waals surface area contributed by atoms with Crippen LogP contribution in [0.25, 0.3) is 10.2 Å². The summed E-state index contributed by atoms with van der Waals surface area (Å²) in [5.41, 5.74) is 1.93. The number of carbonyl (C=O) groups is 3. The van der Waals surface area contributed by atoms with E-state index < -0.39 is 39.1 Å². The maximum atomic E-state index is 12.7. The van der Waals surface area contributed by atoms with Crippen LogP contribution in [-0.2, 0) is 43.5 Å². The van der Waals surface area contributed by atoms with Crippen molar-refractivity contribution < 1.29 is 32.3 Å². The van der Waals surface area contributed by atoms with Crippen molar-refractivity contribution in [3.05, 3.63) is 51.7 Å². The van der Waals surface area contributed by atoms with Crippen LogP contribution in [0.5, 0.6) is 5.75 Å². The first-order chi connectivity index (χ1) is 18.7. The lowest BCUT2D eigenvalue weighted by molar-refractivity contribution is -0.115. The number of methoxy groups -OCH3 is 2. The number of nitrogens with zero attached hydrogens (tertiary/aromatic N) is 2. The molecule has 0 aliphatic heterocycles. The average molecular weight is 592 g/mol. The van der Waals surface area contributed by atoms with E-state index in [9.17, 15) is 22.8 Å². The van der Waals surface area contributed by atoms with E-state index in [2.05, 4.69) is 16.9 Å². The van der Waals surface area contributed by atoms with Crippen molar-refractivity contribution in [3.63, 3.8) is 0 Å². The van der Waals surface area contributed by atoms with Gasteiger partial charge in [-0.15, -0.1) is 17.9 Å². The van der Waals surface area contributed by atoms with Crippen LogP contribution in [0.15, 0.2) is 35.8 Å². The molecule has 0 saturated carbocycles. The summed E-state index contributed by atoms with van der Waals surface area (Å²) in [7, 11) is -1.33. The van der Waals surface area contributed by atoms with E-state index >= 15 is 0 Å². The molecular formula is C26H29N3O7S3. The fraction of sp³-hybridized carbons (Fsp3) is 0.385. The summed E-state index contributed by atoms with van der Waals surface area (Å²) in [6.45, 7) is 4.10. The van der Waals surface area contributed by atoms with E-state index in [0.29, 0.717) is 23.5 Å².